The van der Waals surface area contributed by atoms with Gasteiger partial charge in [-0.2, -0.15) is 0 Å². The van der Waals surface area contributed by atoms with Gasteiger partial charge < -0.3 is 4.90 Å². The molecule has 2 aliphatic carbocycles. The third kappa shape index (κ3) is 6.21. The molecule has 1 fully saturated rings. The van der Waals surface area contributed by atoms with Crippen molar-refractivity contribution in [3.05, 3.63) is 258 Å². The van der Waals surface area contributed by atoms with Gasteiger partial charge in [0.1, 0.15) is 0 Å². The standard InChI is InChI=1S/C63H49N/c1-4-19-46(20-5-1)53-32-16-23-47-24-17-33-57(62(47)53)56-31-13-15-35-61(56)64(60-36-18-22-45-21-10-11-29-52(45)60)51-40-37-44(38-41-51)48-39-42-55-54-30-12-14-34-58(54)63(59(55)43-48,49-25-6-2-7-26-49)50-27-8-3-9-28-50/h2-3,6-18,21-43,46H,1,4-5,19-20H2. The average molecular weight is 820 g/mol. The molecule has 0 atom stereocenters. The van der Waals surface area contributed by atoms with E-state index < -0.39 is 5.41 Å². The lowest BCUT2D eigenvalue weighted by molar-refractivity contribution is 0.445. The topological polar surface area (TPSA) is 3.24 Å². The number of hydrogen-bond donors (Lipinski definition) is 0. The maximum Gasteiger partial charge on any atom is 0.0713 e. The summed E-state index contributed by atoms with van der Waals surface area (Å²) in [6.45, 7) is 0. The molecule has 0 radical (unpaired) electrons. The molecule has 1 nitrogen and oxygen atoms in total. The number of nitrogens with zero attached hydrogens (tertiary/aromatic N) is 1. The summed E-state index contributed by atoms with van der Waals surface area (Å²) in [6.07, 6.45) is 6.49. The Morgan fingerprint density at radius 2 is 0.938 bits per heavy atom. The Hall–Kier alpha value is -7.48. The van der Waals surface area contributed by atoms with Crippen molar-refractivity contribution in [3.8, 4) is 33.4 Å². The van der Waals surface area contributed by atoms with Crippen LogP contribution in [-0.4, -0.2) is 0 Å². The maximum atomic E-state index is 2.50. The van der Waals surface area contributed by atoms with Crippen LogP contribution in [0.25, 0.3) is 54.9 Å². The molecule has 0 aromatic heterocycles. The molecule has 306 valence electrons. The molecule has 10 aromatic rings. The van der Waals surface area contributed by atoms with Gasteiger partial charge >= 0.3 is 0 Å². The minimum Gasteiger partial charge on any atom is -0.309 e. The Kier molecular flexibility index (Phi) is 9.56. The minimum absolute atomic E-state index is 0.447. The van der Waals surface area contributed by atoms with E-state index >= 15 is 0 Å². The van der Waals surface area contributed by atoms with Crippen LogP contribution in [0.3, 0.4) is 0 Å². The van der Waals surface area contributed by atoms with Gasteiger partial charge in [0.25, 0.3) is 0 Å². The summed E-state index contributed by atoms with van der Waals surface area (Å²) in [4.78, 5) is 2.50. The van der Waals surface area contributed by atoms with Crippen LogP contribution in [0.2, 0.25) is 0 Å². The summed E-state index contributed by atoms with van der Waals surface area (Å²) in [5.41, 5.74) is 17.3. The summed E-state index contributed by atoms with van der Waals surface area (Å²) in [6, 6.07) is 86.1. The van der Waals surface area contributed by atoms with Crippen LogP contribution in [-0.2, 0) is 5.41 Å². The molecule has 0 spiro atoms. The fourth-order valence-electron chi connectivity index (χ4n) is 11.5. The van der Waals surface area contributed by atoms with E-state index in [4.69, 9.17) is 0 Å². The molecule has 2 aliphatic rings. The number of rotatable bonds is 8. The second-order valence-corrected chi connectivity index (χ2v) is 17.8. The molecule has 0 bridgehead atoms. The van der Waals surface area contributed by atoms with Crippen LogP contribution in [0.5, 0.6) is 0 Å². The van der Waals surface area contributed by atoms with Crippen molar-refractivity contribution in [3.63, 3.8) is 0 Å². The van der Waals surface area contributed by atoms with Crippen LogP contribution in [0, 0.1) is 0 Å². The maximum absolute atomic E-state index is 2.50. The van der Waals surface area contributed by atoms with Gasteiger partial charge in [-0.1, -0.05) is 219 Å². The lowest BCUT2D eigenvalue weighted by Crippen LogP contribution is -2.28. The monoisotopic (exact) mass is 819 g/mol. The molecular formula is C63H49N. The second-order valence-electron chi connectivity index (χ2n) is 17.8. The van der Waals surface area contributed by atoms with Gasteiger partial charge in [0.05, 0.1) is 16.8 Å². The van der Waals surface area contributed by atoms with Gasteiger partial charge in [-0.15, -0.1) is 0 Å². The first-order valence-corrected chi connectivity index (χ1v) is 23.1. The molecule has 0 aliphatic heterocycles. The molecular weight excluding hydrogens is 771 g/mol. The zero-order chi connectivity index (χ0) is 42.5. The van der Waals surface area contributed by atoms with Crippen LogP contribution in [0.4, 0.5) is 17.1 Å². The van der Waals surface area contributed by atoms with E-state index in [1.54, 1.807) is 0 Å². The van der Waals surface area contributed by atoms with Gasteiger partial charge in [-0.05, 0) is 121 Å². The number of fused-ring (bicyclic) bond motifs is 5. The third-order valence-corrected chi connectivity index (χ3v) is 14.3. The summed E-state index contributed by atoms with van der Waals surface area (Å²) >= 11 is 0. The van der Waals surface area contributed by atoms with E-state index in [1.165, 1.54) is 121 Å². The van der Waals surface area contributed by atoms with E-state index in [1.807, 2.05) is 0 Å². The van der Waals surface area contributed by atoms with Crippen LogP contribution < -0.4 is 4.90 Å². The molecule has 0 N–H and O–H groups in total. The zero-order valence-electron chi connectivity index (χ0n) is 36.0. The summed E-state index contributed by atoms with van der Waals surface area (Å²) in [5, 5.41) is 5.17. The number of hydrogen-bond acceptors (Lipinski definition) is 1. The fourth-order valence-corrected chi connectivity index (χ4v) is 11.5. The zero-order valence-corrected chi connectivity index (χ0v) is 36.0. The van der Waals surface area contributed by atoms with Crippen molar-refractivity contribution in [2.24, 2.45) is 0 Å². The quantitative estimate of drug-likeness (QED) is 0.148. The lowest BCUT2D eigenvalue weighted by Gasteiger charge is -2.34. The van der Waals surface area contributed by atoms with Gasteiger partial charge in [0.2, 0.25) is 0 Å². The van der Waals surface area contributed by atoms with E-state index in [9.17, 15) is 0 Å². The lowest BCUT2D eigenvalue weighted by atomic mass is 9.67. The summed E-state index contributed by atoms with van der Waals surface area (Å²) in [5.74, 6) is 0.589. The number of para-hydroxylation sites is 1. The Balaban J connectivity index is 1.02. The Morgan fingerprint density at radius 1 is 0.375 bits per heavy atom. The molecule has 64 heavy (non-hydrogen) atoms. The normalized spacial score (nSPS) is 14.3. The first-order valence-electron chi connectivity index (χ1n) is 23.1. The van der Waals surface area contributed by atoms with Crippen molar-refractivity contribution in [1.29, 1.82) is 0 Å². The predicted molar refractivity (Wildman–Crippen MR) is 270 cm³/mol. The van der Waals surface area contributed by atoms with E-state index in [-0.39, 0.29) is 0 Å². The molecule has 0 saturated heterocycles. The van der Waals surface area contributed by atoms with Crippen LogP contribution >= 0.6 is 0 Å². The first kappa shape index (κ1) is 38.2. The van der Waals surface area contributed by atoms with Crippen molar-refractivity contribution >= 4 is 38.6 Å². The van der Waals surface area contributed by atoms with Gasteiger partial charge in [0.15, 0.2) is 0 Å². The molecule has 0 unspecified atom stereocenters. The van der Waals surface area contributed by atoms with Crippen molar-refractivity contribution in [1.82, 2.24) is 0 Å². The Bertz CT molecular complexity index is 3250. The van der Waals surface area contributed by atoms with Crippen LogP contribution in [0.15, 0.2) is 231 Å². The molecule has 0 heterocycles. The Labute approximate surface area is 376 Å². The second kappa shape index (κ2) is 16.0. The number of anilines is 3. The highest BCUT2D eigenvalue weighted by Crippen LogP contribution is 2.57. The predicted octanol–water partition coefficient (Wildman–Crippen LogP) is 17.2. The smallest absolute Gasteiger partial charge is 0.0713 e. The van der Waals surface area contributed by atoms with Gasteiger partial charge in [-0.3, -0.25) is 0 Å². The highest BCUT2D eigenvalue weighted by molar-refractivity contribution is 6.06. The van der Waals surface area contributed by atoms with Crippen molar-refractivity contribution in [2.75, 3.05) is 4.90 Å². The summed E-state index contributed by atoms with van der Waals surface area (Å²) < 4.78 is 0. The first-order chi connectivity index (χ1) is 31.8. The Morgan fingerprint density at radius 3 is 1.72 bits per heavy atom. The molecule has 12 rings (SSSR count). The highest BCUT2D eigenvalue weighted by Gasteiger charge is 2.46. The highest BCUT2D eigenvalue weighted by atomic mass is 15.1. The largest absolute Gasteiger partial charge is 0.309 e. The molecule has 0 amide bonds. The van der Waals surface area contributed by atoms with Crippen LogP contribution in [0.1, 0.15) is 65.8 Å². The van der Waals surface area contributed by atoms with E-state index in [0.717, 1.165) is 11.4 Å². The third-order valence-electron chi connectivity index (χ3n) is 14.3. The van der Waals surface area contributed by atoms with Crippen molar-refractivity contribution < 1.29 is 0 Å². The average Bonchev–Trinajstić information content (AvgIpc) is 3.68. The molecule has 1 saturated carbocycles. The van der Waals surface area contributed by atoms with E-state index in [0.29, 0.717) is 5.92 Å². The minimum atomic E-state index is -0.447. The number of benzene rings is 10. The summed E-state index contributed by atoms with van der Waals surface area (Å²) in [7, 11) is 0. The fraction of sp³-hybridized carbons (Fsp3) is 0.111. The molecule has 1 heteroatoms. The van der Waals surface area contributed by atoms with Gasteiger partial charge in [-0.25, -0.2) is 0 Å². The van der Waals surface area contributed by atoms with E-state index in [2.05, 4.69) is 235 Å². The van der Waals surface area contributed by atoms with Crippen molar-refractivity contribution in [2.45, 2.75) is 43.4 Å². The van der Waals surface area contributed by atoms with Gasteiger partial charge in [0, 0.05) is 16.6 Å². The molecule has 10 aromatic carbocycles. The SMILES string of the molecule is c1ccc(C2(c3ccccc3)c3ccccc3-c3ccc(-c4ccc(N(c5ccccc5-c5cccc6cccc(C7CCCCC7)c56)c5cccc6ccccc56)cc4)cc32)cc1.